The van der Waals surface area contributed by atoms with Crippen LogP contribution >= 0.6 is 0 Å². The highest BCUT2D eigenvalue weighted by molar-refractivity contribution is 5.93. The first-order chi connectivity index (χ1) is 9.61. The first kappa shape index (κ1) is 14.8. The highest BCUT2D eigenvalue weighted by atomic mass is 16.2. The van der Waals surface area contributed by atoms with Crippen LogP contribution in [-0.2, 0) is 0 Å². The van der Waals surface area contributed by atoms with Crippen LogP contribution in [0, 0.1) is 11.8 Å². The van der Waals surface area contributed by atoms with Crippen molar-refractivity contribution in [2.75, 3.05) is 32.5 Å². The number of rotatable bonds is 5. The summed E-state index contributed by atoms with van der Waals surface area (Å²) in [6, 6.07) is 3.68. The van der Waals surface area contributed by atoms with Gasteiger partial charge in [0.25, 0.3) is 5.91 Å². The normalized spacial score (nSPS) is 21.8. The van der Waals surface area contributed by atoms with Crippen LogP contribution in [0.25, 0.3) is 0 Å². The molecule has 1 aromatic heterocycles. The lowest BCUT2D eigenvalue weighted by molar-refractivity contribution is 0.0827. The van der Waals surface area contributed by atoms with Gasteiger partial charge in [0.1, 0.15) is 5.82 Å². The van der Waals surface area contributed by atoms with Gasteiger partial charge in [0.15, 0.2) is 0 Å². The van der Waals surface area contributed by atoms with E-state index in [1.807, 2.05) is 12.1 Å². The molecule has 5 nitrogen and oxygen atoms in total. The van der Waals surface area contributed by atoms with E-state index in [-0.39, 0.29) is 5.91 Å². The molecule has 1 aliphatic rings. The minimum atomic E-state index is -0.0250. The number of nitrogens with zero attached hydrogens (tertiary/aromatic N) is 2. The summed E-state index contributed by atoms with van der Waals surface area (Å²) in [6.45, 7) is 1.69. The monoisotopic (exact) mass is 276 g/mol. The molecule has 1 fully saturated rings. The zero-order valence-corrected chi connectivity index (χ0v) is 12.3. The molecule has 0 bridgehead atoms. The van der Waals surface area contributed by atoms with E-state index < -0.39 is 0 Å². The van der Waals surface area contributed by atoms with E-state index >= 15 is 0 Å². The Labute approximate surface area is 120 Å². The molecular formula is C15H24N4O. The lowest BCUT2D eigenvalue weighted by Gasteiger charge is -2.18. The maximum Gasteiger partial charge on any atom is 0.254 e. The Morgan fingerprint density at radius 2 is 2.15 bits per heavy atom. The molecule has 0 aromatic carbocycles. The Kier molecular flexibility index (Phi) is 4.95. The van der Waals surface area contributed by atoms with Crippen LogP contribution in [0.4, 0.5) is 5.82 Å². The Bertz CT molecular complexity index is 444. The fraction of sp³-hybridized carbons (Fsp3) is 0.600. The molecule has 1 amide bonds. The van der Waals surface area contributed by atoms with Crippen LogP contribution in [-0.4, -0.2) is 43.0 Å². The highest BCUT2D eigenvalue weighted by Gasteiger charge is 2.25. The van der Waals surface area contributed by atoms with Gasteiger partial charge in [-0.2, -0.15) is 0 Å². The van der Waals surface area contributed by atoms with E-state index in [9.17, 15) is 4.79 Å². The summed E-state index contributed by atoms with van der Waals surface area (Å²) in [5.74, 6) is 2.08. The van der Waals surface area contributed by atoms with Crippen molar-refractivity contribution in [2.24, 2.45) is 17.6 Å². The van der Waals surface area contributed by atoms with Gasteiger partial charge < -0.3 is 16.0 Å². The molecule has 2 unspecified atom stereocenters. The maximum atomic E-state index is 11.8. The van der Waals surface area contributed by atoms with E-state index in [0.717, 1.165) is 18.9 Å². The maximum absolute atomic E-state index is 11.8. The summed E-state index contributed by atoms with van der Waals surface area (Å²) in [4.78, 5) is 17.6. The standard InChI is InChI=1S/C15H24N4O/c1-19(2)15(20)13-6-7-14(18-10-13)17-9-12-5-3-4-11(12)8-16/h6-7,10-12H,3-5,8-9,16H2,1-2H3,(H,17,18). The van der Waals surface area contributed by atoms with Crippen molar-refractivity contribution in [3.8, 4) is 0 Å². The molecule has 0 radical (unpaired) electrons. The first-order valence-corrected chi connectivity index (χ1v) is 7.23. The van der Waals surface area contributed by atoms with Gasteiger partial charge in [0.2, 0.25) is 0 Å². The number of anilines is 1. The molecule has 2 rings (SSSR count). The van der Waals surface area contributed by atoms with E-state index in [2.05, 4.69) is 10.3 Å². The minimum absolute atomic E-state index is 0.0250. The molecule has 20 heavy (non-hydrogen) atoms. The number of hydrogen-bond donors (Lipinski definition) is 2. The SMILES string of the molecule is CN(C)C(=O)c1ccc(NCC2CCCC2CN)nc1. The predicted molar refractivity (Wildman–Crippen MR) is 80.6 cm³/mol. The first-order valence-electron chi connectivity index (χ1n) is 7.23. The summed E-state index contributed by atoms with van der Waals surface area (Å²) in [5, 5.41) is 3.35. The number of nitrogens with one attached hydrogen (secondary N) is 1. The van der Waals surface area contributed by atoms with Gasteiger partial charge in [0, 0.05) is 26.8 Å². The molecular weight excluding hydrogens is 252 g/mol. The number of pyridine rings is 1. The zero-order valence-electron chi connectivity index (χ0n) is 12.3. The number of nitrogens with two attached hydrogens (primary N) is 1. The van der Waals surface area contributed by atoms with Gasteiger partial charge in [0.05, 0.1) is 5.56 Å². The third kappa shape index (κ3) is 3.48. The Balaban J connectivity index is 1.89. The van der Waals surface area contributed by atoms with Gasteiger partial charge in [-0.1, -0.05) is 6.42 Å². The summed E-state index contributed by atoms with van der Waals surface area (Å²) >= 11 is 0. The van der Waals surface area contributed by atoms with Crippen LogP contribution < -0.4 is 11.1 Å². The largest absolute Gasteiger partial charge is 0.370 e. The Hall–Kier alpha value is -1.62. The van der Waals surface area contributed by atoms with Gasteiger partial charge >= 0.3 is 0 Å². The van der Waals surface area contributed by atoms with Gasteiger partial charge in [-0.25, -0.2) is 4.98 Å². The second kappa shape index (κ2) is 6.70. The van der Waals surface area contributed by atoms with Crippen LogP contribution in [0.3, 0.4) is 0 Å². The van der Waals surface area contributed by atoms with Gasteiger partial charge in [-0.05, 0) is 43.4 Å². The number of aromatic nitrogens is 1. The number of amides is 1. The van der Waals surface area contributed by atoms with E-state index in [4.69, 9.17) is 5.73 Å². The van der Waals surface area contributed by atoms with Crippen molar-refractivity contribution < 1.29 is 4.79 Å². The quantitative estimate of drug-likeness (QED) is 0.856. The number of carbonyl (C=O) groups is 1. The predicted octanol–water partition coefficient (Wildman–Crippen LogP) is 1.57. The highest BCUT2D eigenvalue weighted by Crippen LogP contribution is 2.30. The molecule has 1 aliphatic carbocycles. The molecule has 1 heterocycles. The molecule has 0 spiro atoms. The van der Waals surface area contributed by atoms with E-state index in [1.165, 1.54) is 19.3 Å². The zero-order chi connectivity index (χ0) is 14.5. The summed E-state index contributed by atoms with van der Waals surface area (Å²) < 4.78 is 0. The third-order valence-corrected chi connectivity index (χ3v) is 4.08. The summed E-state index contributed by atoms with van der Waals surface area (Å²) in [5.41, 5.74) is 6.40. The second-order valence-corrected chi connectivity index (χ2v) is 5.70. The minimum Gasteiger partial charge on any atom is -0.370 e. The lowest BCUT2D eigenvalue weighted by Crippen LogP contribution is -2.24. The molecule has 1 saturated carbocycles. The molecule has 5 heteroatoms. The van der Waals surface area contributed by atoms with Crippen LogP contribution in [0.1, 0.15) is 29.6 Å². The lowest BCUT2D eigenvalue weighted by atomic mass is 9.96. The number of carbonyl (C=O) groups excluding carboxylic acids is 1. The summed E-state index contributed by atoms with van der Waals surface area (Å²) in [6.07, 6.45) is 5.39. The molecule has 0 aliphatic heterocycles. The van der Waals surface area contributed by atoms with Gasteiger partial charge in [-0.15, -0.1) is 0 Å². The molecule has 0 saturated heterocycles. The van der Waals surface area contributed by atoms with Crippen LogP contribution in [0.15, 0.2) is 18.3 Å². The Morgan fingerprint density at radius 3 is 2.75 bits per heavy atom. The number of hydrogen-bond acceptors (Lipinski definition) is 4. The fourth-order valence-corrected chi connectivity index (χ4v) is 2.81. The molecule has 110 valence electrons. The van der Waals surface area contributed by atoms with E-state index in [0.29, 0.717) is 17.4 Å². The van der Waals surface area contributed by atoms with Crippen molar-refractivity contribution in [3.05, 3.63) is 23.9 Å². The topological polar surface area (TPSA) is 71.2 Å². The average Bonchev–Trinajstić information content (AvgIpc) is 2.92. The van der Waals surface area contributed by atoms with Crippen molar-refractivity contribution in [1.29, 1.82) is 0 Å². The average molecular weight is 276 g/mol. The molecule has 1 aromatic rings. The van der Waals surface area contributed by atoms with Crippen molar-refractivity contribution in [3.63, 3.8) is 0 Å². The van der Waals surface area contributed by atoms with E-state index in [1.54, 1.807) is 25.2 Å². The van der Waals surface area contributed by atoms with Crippen molar-refractivity contribution >= 4 is 11.7 Å². The van der Waals surface area contributed by atoms with Gasteiger partial charge in [-0.3, -0.25) is 4.79 Å². The Morgan fingerprint density at radius 1 is 1.40 bits per heavy atom. The van der Waals surface area contributed by atoms with Crippen molar-refractivity contribution in [2.45, 2.75) is 19.3 Å². The third-order valence-electron chi connectivity index (χ3n) is 4.08. The summed E-state index contributed by atoms with van der Waals surface area (Å²) in [7, 11) is 3.48. The molecule has 3 N–H and O–H groups in total. The van der Waals surface area contributed by atoms with Crippen LogP contribution in [0.5, 0.6) is 0 Å². The van der Waals surface area contributed by atoms with Crippen molar-refractivity contribution in [1.82, 2.24) is 9.88 Å². The second-order valence-electron chi connectivity index (χ2n) is 5.70. The van der Waals surface area contributed by atoms with Crippen LogP contribution in [0.2, 0.25) is 0 Å². The fourth-order valence-electron chi connectivity index (χ4n) is 2.81. The smallest absolute Gasteiger partial charge is 0.254 e. The molecule has 2 atom stereocenters.